The summed E-state index contributed by atoms with van der Waals surface area (Å²) in [6.07, 6.45) is 0. The standard InChI is InChI=1S/C18H17FN2O2/c1-11-7-8-14(9-16(11)19)20-17(22)12(2)21-10-13-5-3-4-6-15(13)18(21)23/h3-9,12H,10H2,1-2H3,(H,20,22)/t12-/m1/s1. The predicted molar refractivity (Wildman–Crippen MR) is 85.5 cm³/mol. The monoisotopic (exact) mass is 312 g/mol. The summed E-state index contributed by atoms with van der Waals surface area (Å²) in [6, 6.07) is 11.2. The highest BCUT2D eigenvalue weighted by molar-refractivity contribution is 6.03. The Kier molecular flexibility index (Phi) is 3.86. The number of carbonyl (C=O) groups is 2. The van der Waals surface area contributed by atoms with Crippen LogP contribution >= 0.6 is 0 Å². The Hall–Kier alpha value is -2.69. The van der Waals surface area contributed by atoms with E-state index in [4.69, 9.17) is 0 Å². The van der Waals surface area contributed by atoms with Crippen molar-refractivity contribution in [1.29, 1.82) is 0 Å². The molecule has 2 aromatic rings. The number of benzene rings is 2. The molecule has 1 aliphatic rings. The van der Waals surface area contributed by atoms with E-state index < -0.39 is 6.04 Å². The molecule has 2 amide bonds. The summed E-state index contributed by atoms with van der Waals surface area (Å²) in [5.74, 6) is -0.868. The molecule has 0 bridgehead atoms. The third kappa shape index (κ3) is 2.82. The Morgan fingerprint density at radius 1 is 1.26 bits per heavy atom. The molecule has 0 fully saturated rings. The fraction of sp³-hybridized carbons (Fsp3) is 0.222. The molecule has 0 aromatic heterocycles. The molecule has 118 valence electrons. The van der Waals surface area contributed by atoms with Crippen LogP contribution in [0.3, 0.4) is 0 Å². The van der Waals surface area contributed by atoms with Gasteiger partial charge in [0.25, 0.3) is 5.91 Å². The predicted octanol–water partition coefficient (Wildman–Crippen LogP) is 3.12. The van der Waals surface area contributed by atoms with Gasteiger partial charge in [0.15, 0.2) is 0 Å². The van der Waals surface area contributed by atoms with Crippen molar-refractivity contribution in [2.24, 2.45) is 0 Å². The van der Waals surface area contributed by atoms with Gasteiger partial charge < -0.3 is 10.2 Å². The molecule has 0 radical (unpaired) electrons. The van der Waals surface area contributed by atoms with E-state index in [1.807, 2.05) is 12.1 Å². The molecule has 5 heteroatoms. The summed E-state index contributed by atoms with van der Waals surface area (Å²) < 4.78 is 13.6. The quantitative estimate of drug-likeness (QED) is 0.946. The van der Waals surface area contributed by atoms with Gasteiger partial charge in [-0.05, 0) is 43.2 Å². The van der Waals surface area contributed by atoms with E-state index in [0.717, 1.165) is 5.56 Å². The van der Waals surface area contributed by atoms with Crippen molar-refractivity contribution in [2.75, 3.05) is 5.32 Å². The summed E-state index contributed by atoms with van der Waals surface area (Å²) in [4.78, 5) is 26.3. The number of nitrogens with zero attached hydrogens (tertiary/aromatic N) is 1. The van der Waals surface area contributed by atoms with Crippen LogP contribution in [0.25, 0.3) is 0 Å². The fourth-order valence-electron chi connectivity index (χ4n) is 2.65. The van der Waals surface area contributed by atoms with Crippen molar-refractivity contribution in [1.82, 2.24) is 4.90 Å². The summed E-state index contributed by atoms with van der Waals surface area (Å²) >= 11 is 0. The van der Waals surface area contributed by atoms with Gasteiger partial charge in [-0.3, -0.25) is 9.59 Å². The third-order valence-electron chi connectivity index (χ3n) is 4.14. The lowest BCUT2D eigenvalue weighted by Gasteiger charge is -2.23. The first-order valence-corrected chi connectivity index (χ1v) is 7.43. The summed E-state index contributed by atoms with van der Waals surface area (Å²) in [7, 11) is 0. The lowest BCUT2D eigenvalue weighted by Crippen LogP contribution is -2.42. The van der Waals surface area contributed by atoms with Crippen molar-refractivity contribution in [2.45, 2.75) is 26.4 Å². The topological polar surface area (TPSA) is 49.4 Å². The van der Waals surface area contributed by atoms with E-state index in [2.05, 4.69) is 5.32 Å². The van der Waals surface area contributed by atoms with E-state index in [1.165, 1.54) is 11.0 Å². The maximum Gasteiger partial charge on any atom is 0.255 e. The van der Waals surface area contributed by atoms with Gasteiger partial charge in [-0.25, -0.2) is 4.39 Å². The molecule has 1 heterocycles. The van der Waals surface area contributed by atoms with Gasteiger partial charge in [-0.1, -0.05) is 24.3 Å². The van der Waals surface area contributed by atoms with Crippen LogP contribution in [0, 0.1) is 12.7 Å². The van der Waals surface area contributed by atoms with Gasteiger partial charge in [0.05, 0.1) is 0 Å². The second kappa shape index (κ2) is 5.83. The zero-order valence-corrected chi connectivity index (χ0v) is 13.0. The largest absolute Gasteiger partial charge is 0.324 e. The van der Waals surface area contributed by atoms with E-state index in [9.17, 15) is 14.0 Å². The molecular formula is C18H17FN2O2. The number of nitrogens with one attached hydrogen (secondary N) is 1. The number of rotatable bonds is 3. The number of amides is 2. The van der Waals surface area contributed by atoms with Crippen LogP contribution in [0.2, 0.25) is 0 Å². The van der Waals surface area contributed by atoms with Gasteiger partial charge in [0, 0.05) is 17.8 Å². The van der Waals surface area contributed by atoms with Crippen LogP contribution in [-0.4, -0.2) is 22.8 Å². The second-order valence-corrected chi connectivity index (χ2v) is 5.72. The summed E-state index contributed by atoms with van der Waals surface area (Å²) in [6.45, 7) is 3.74. The average Bonchev–Trinajstić information content (AvgIpc) is 2.87. The van der Waals surface area contributed by atoms with Crippen molar-refractivity contribution in [3.63, 3.8) is 0 Å². The van der Waals surface area contributed by atoms with E-state index in [-0.39, 0.29) is 17.6 Å². The SMILES string of the molecule is Cc1ccc(NC(=O)[C@@H](C)N2Cc3ccccc3C2=O)cc1F. The molecule has 0 aliphatic carbocycles. The third-order valence-corrected chi connectivity index (χ3v) is 4.14. The highest BCUT2D eigenvalue weighted by Crippen LogP contribution is 2.25. The van der Waals surface area contributed by atoms with Gasteiger partial charge in [-0.15, -0.1) is 0 Å². The van der Waals surface area contributed by atoms with Crippen LogP contribution < -0.4 is 5.32 Å². The molecule has 1 atom stereocenters. The first-order valence-electron chi connectivity index (χ1n) is 7.43. The normalized spacial score (nSPS) is 14.6. The maximum atomic E-state index is 13.6. The Morgan fingerprint density at radius 2 is 2.00 bits per heavy atom. The van der Waals surface area contributed by atoms with Crippen molar-refractivity contribution >= 4 is 17.5 Å². The molecule has 0 saturated carbocycles. The van der Waals surface area contributed by atoms with Gasteiger partial charge in [0.1, 0.15) is 11.9 Å². The highest BCUT2D eigenvalue weighted by atomic mass is 19.1. The Labute approximate surface area is 133 Å². The van der Waals surface area contributed by atoms with E-state index >= 15 is 0 Å². The molecule has 2 aromatic carbocycles. The minimum Gasteiger partial charge on any atom is -0.324 e. The molecule has 1 aliphatic heterocycles. The van der Waals surface area contributed by atoms with Gasteiger partial charge in [-0.2, -0.15) is 0 Å². The summed E-state index contributed by atoms with van der Waals surface area (Å²) in [5.41, 5.74) is 2.45. The fourth-order valence-corrected chi connectivity index (χ4v) is 2.65. The number of fused-ring (bicyclic) bond motifs is 1. The average molecular weight is 312 g/mol. The van der Waals surface area contributed by atoms with Gasteiger partial charge >= 0.3 is 0 Å². The van der Waals surface area contributed by atoms with Crippen molar-refractivity contribution < 1.29 is 14.0 Å². The molecule has 23 heavy (non-hydrogen) atoms. The first kappa shape index (κ1) is 15.2. The number of halogens is 1. The molecule has 0 unspecified atom stereocenters. The summed E-state index contributed by atoms with van der Waals surface area (Å²) in [5, 5.41) is 2.66. The molecule has 0 spiro atoms. The van der Waals surface area contributed by atoms with Gasteiger partial charge in [0.2, 0.25) is 5.91 Å². The lowest BCUT2D eigenvalue weighted by atomic mass is 10.1. The molecule has 3 rings (SSSR count). The zero-order valence-electron chi connectivity index (χ0n) is 13.0. The number of carbonyl (C=O) groups excluding carboxylic acids is 2. The zero-order chi connectivity index (χ0) is 16.6. The molecule has 0 saturated heterocycles. The molecular weight excluding hydrogens is 295 g/mol. The van der Waals surface area contributed by atoms with E-state index in [1.54, 1.807) is 38.1 Å². The maximum absolute atomic E-state index is 13.6. The Morgan fingerprint density at radius 3 is 2.70 bits per heavy atom. The van der Waals surface area contributed by atoms with Crippen LogP contribution in [-0.2, 0) is 11.3 Å². The Balaban J connectivity index is 1.73. The van der Waals surface area contributed by atoms with Crippen molar-refractivity contribution in [3.8, 4) is 0 Å². The van der Waals surface area contributed by atoms with Crippen molar-refractivity contribution in [3.05, 3.63) is 65.0 Å². The van der Waals surface area contributed by atoms with Crippen LogP contribution in [0.4, 0.5) is 10.1 Å². The number of aryl methyl sites for hydroxylation is 1. The number of hydrogen-bond acceptors (Lipinski definition) is 2. The second-order valence-electron chi connectivity index (χ2n) is 5.72. The lowest BCUT2D eigenvalue weighted by molar-refractivity contribution is -0.120. The smallest absolute Gasteiger partial charge is 0.255 e. The Bertz CT molecular complexity index is 788. The number of anilines is 1. The van der Waals surface area contributed by atoms with Crippen LogP contribution in [0.5, 0.6) is 0 Å². The van der Waals surface area contributed by atoms with Crippen LogP contribution in [0.15, 0.2) is 42.5 Å². The minimum atomic E-state index is -0.640. The molecule has 1 N–H and O–H groups in total. The minimum absolute atomic E-state index is 0.154. The first-order chi connectivity index (χ1) is 11.0. The highest BCUT2D eigenvalue weighted by Gasteiger charge is 2.33. The molecule has 4 nitrogen and oxygen atoms in total. The van der Waals surface area contributed by atoms with Crippen LogP contribution in [0.1, 0.15) is 28.4 Å². The van der Waals surface area contributed by atoms with E-state index in [0.29, 0.717) is 23.4 Å². The number of hydrogen-bond donors (Lipinski definition) is 1.